The summed E-state index contributed by atoms with van der Waals surface area (Å²) in [5.41, 5.74) is 1.42. The minimum absolute atomic E-state index is 0.0208. The Morgan fingerprint density at radius 1 is 1.13 bits per heavy atom. The van der Waals surface area contributed by atoms with E-state index in [0.717, 1.165) is 43.7 Å². The van der Waals surface area contributed by atoms with E-state index in [0.29, 0.717) is 25.1 Å². The number of rotatable bonds is 5. The Kier molecular flexibility index (Phi) is 6.25. The SMILES string of the molecule is CCN(CC)C(=O)CC1CC2(CCN(C(=O)c3cccnc3)CC2)Oc2ccccc21. The second kappa shape index (κ2) is 9.08. The predicted molar refractivity (Wildman–Crippen MR) is 119 cm³/mol. The molecule has 2 aliphatic heterocycles. The number of aromatic nitrogens is 1. The molecule has 1 aromatic carbocycles. The fraction of sp³-hybridized carbons (Fsp3) is 0.480. The molecule has 0 N–H and O–H groups in total. The number of benzene rings is 1. The van der Waals surface area contributed by atoms with Crippen molar-refractivity contribution in [3.8, 4) is 5.75 Å². The Labute approximate surface area is 184 Å². The van der Waals surface area contributed by atoms with Crippen molar-refractivity contribution in [2.75, 3.05) is 26.2 Å². The van der Waals surface area contributed by atoms with Crippen LogP contribution in [0.3, 0.4) is 0 Å². The van der Waals surface area contributed by atoms with Gasteiger partial charge >= 0.3 is 0 Å². The van der Waals surface area contributed by atoms with Crippen molar-refractivity contribution in [2.45, 2.75) is 51.0 Å². The number of para-hydroxylation sites is 1. The molecular weight excluding hydrogens is 390 g/mol. The first kappa shape index (κ1) is 21.3. The summed E-state index contributed by atoms with van der Waals surface area (Å²) in [5, 5.41) is 0. The first-order chi connectivity index (χ1) is 15.0. The molecule has 1 atom stereocenters. The first-order valence-corrected chi connectivity index (χ1v) is 11.3. The van der Waals surface area contributed by atoms with Gasteiger partial charge in [-0.05, 0) is 44.0 Å². The monoisotopic (exact) mass is 421 g/mol. The van der Waals surface area contributed by atoms with Gasteiger partial charge in [-0.25, -0.2) is 0 Å². The standard InChI is InChI=1S/C25H31N3O3/c1-3-27(4-2)23(29)16-20-17-25(31-22-10-6-5-9-21(20)22)11-14-28(15-12-25)24(30)19-8-7-13-26-18-19/h5-10,13,18,20H,3-4,11-12,14-17H2,1-2H3. The fourth-order valence-corrected chi connectivity index (χ4v) is 4.94. The normalized spacial score (nSPS) is 19.4. The van der Waals surface area contributed by atoms with Gasteiger partial charge in [-0.3, -0.25) is 14.6 Å². The third-order valence-corrected chi connectivity index (χ3v) is 6.71. The van der Waals surface area contributed by atoms with Crippen LogP contribution in [0.15, 0.2) is 48.8 Å². The van der Waals surface area contributed by atoms with Crippen LogP contribution in [-0.4, -0.2) is 58.4 Å². The van der Waals surface area contributed by atoms with Crippen molar-refractivity contribution in [1.82, 2.24) is 14.8 Å². The average Bonchev–Trinajstić information content (AvgIpc) is 2.80. The van der Waals surface area contributed by atoms with E-state index in [2.05, 4.69) is 11.1 Å². The van der Waals surface area contributed by atoms with E-state index in [9.17, 15) is 9.59 Å². The summed E-state index contributed by atoms with van der Waals surface area (Å²) in [4.78, 5) is 33.6. The number of nitrogens with zero attached hydrogens (tertiary/aromatic N) is 3. The van der Waals surface area contributed by atoms with Crippen molar-refractivity contribution in [2.24, 2.45) is 0 Å². The van der Waals surface area contributed by atoms with Gasteiger partial charge in [-0.1, -0.05) is 18.2 Å². The topological polar surface area (TPSA) is 62.7 Å². The van der Waals surface area contributed by atoms with Crippen LogP contribution < -0.4 is 4.74 Å². The molecule has 2 amide bonds. The molecular formula is C25H31N3O3. The zero-order valence-electron chi connectivity index (χ0n) is 18.4. The number of amides is 2. The second-order valence-electron chi connectivity index (χ2n) is 8.53. The molecule has 31 heavy (non-hydrogen) atoms. The molecule has 164 valence electrons. The number of fused-ring (bicyclic) bond motifs is 1. The molecule has 1 saturated heterocycles. The van der Waals surface area contributed by atoms with Gasteiger partial charge in [0.1, 0.15) is 11.4 Å². The van der Waals surface area contributed by atoms with Crippen molar-refractivity contribution in [1.29, 1.82) is 0 Å². The number of carbonyl (C=O) groups excluding carboxylic acids is 2. The van der Waals surface area contributed by atoms with E-state index in [4.69, 9.17) is 4.74 Å². The summed E-state index contributed by atoms with van der Waals surface area (Å²) in [6.45, 7) is 6.80. The lowest BCUT2D eigenvalue weighted by Gasteiger charge is -2.47. The Morgan fingerprint density at radius 3 is 2.55 bits per heavy atom. The number of likely N-dealkylation sites (tertiary alicyclic amines) is 1. The molecule has 2 aromatic rings. The average molecular weight is 422 g/mol. The van der Waals surface area contributed by atoms with E-state index in [1.807, 2.05) is 47.9 Å². The minimum atomic E-state index is -0.325. The summed E-state index contributed by atoms with van der Waals surface area (Å²) in [7, 11) is 0. The Bertz CT molecular complexity index is 919. The number of carbonyl (C=O) groups is 2. The van der Waals surface area contributed by atoms with E-state index in [-0.39, 0.29) is 23.3 Å². The van der Waals surface area contributed by atoms with Crippen LogP contribution in [0.5, 0.6) is 5.75 Å². The van der Waals surface area contributed by atoms with Crippen LogP contribution in [0, 0.1) is 0 Å². The van der Waals surface area contributed by atoms with Gasteiger partial charge < -0.3 is 14.5 Å². The summed E-state index contributed by atoms with van der Waals surface area (Å²) in [6.07, 6.45) is 6.14. The summed E-state index contributed by atoms with van der Waals surface area (Å²) < 4.78 is 6.54. The molecule has 1 spiro atoms. The molecule has 2 aliphatic rings. The third-order valence-electron chi connectivity index (χ3n) is 6.71. The number of hydrogen-bond donors (Lipinski definition) is 0. The van der Waals surface area contributed by atoms with Gasteiger partial charge in [-0.15, -0.1) is 0 Å². The zero-order chi connectivity index (χ0) is 21.8. The Morgan fingerprint density at radius 2 is 1.87 bits per heavy atom. The highest BCUT2D eigenvalue weighted by Crippen LogP contribution is 2.46. The minimum Gasteiger partial charge on any atom is -0.487 e. The first-order valence-electron chi connectivity index (χ1n) is 11.3. The second-order valence-corrected chi connectivity index (χ2v) is 8.53. The maximum absolute atomic E-state index is 12.9. The lowest BCUT2D eigenvalue weighted by Crippen LogP contribution is -2.52. The Hall–Kier alpha value is -2.89. The molecule has 6 heteroatoms. The lowest BCUT2D eigenvalue weighted by molar-refractivity contribution is -0.131. The van der Waals surface area contributed by atoms with Crippen molar-refractivity contribution < 1.29 is 14.3 Å². The van der Waals surface area contributed by atoms with E-state index >= 15 is 0 Å². The van der Waals surface area contributed by atoms with Gasteiger partial charge in [-0.2, -0.15) is 0 Å². The smallest absolute Gasteiger partial charge is 0.255 e. The molecule has 4 rings (SSSR count). The van der Waals surface area contributed by atoms with Crippen LogP contribution >= 0.6 is 0 Å². The highest BCUT2D eigenvalue weighted by Gasteiger charge is 2.44. The molecule has 1 aromatic heterocycles. The molecule has 0 aliphatic carbocycles. The molecule has 0 saturated carbocycles. The number of ether oxygens (including phenoxy) is 1. The number of piperidine rings is 1. The quantitative estimate of drug-likeness (QED) is 0.735. The van der Waals surface area contributed by atoms with Gasteiger partial charge in [0.2, 0.25) is 5.91 Å². The van der Waals surface area contributed by atoms with Crippen LogP contribution in [0.25, 0.3) is 0 Å². The van der Waals surface area contributed by atoms with Gasteiger partial charge in [0.05, 0.1) is 5.56 Å². The fourth-order valence-electron chi connectivity index (χ4n) is 4.94. The van der Waals surface area contributed by atoms with Crippen LogP contribution in [-0.2, 0) is 4.79 Å². The van der Waals surface area contributed by atoms with E-state index < -0.39 is 0 Å². The van der Waals surface area contributed by atoms with Crippen molar-refractivity contribution in [3.63, 3.8) is 0 Å². The number of pyridine rings is 1. The van der Waals surface area contributed by atoms with Crippen molar-refractivity contribution in [3.05, 3.63) is 59.9 Å². The van der Waals surface area contributed by atoms with Crippen LogP contribution in [0.2, 0.25) is 0 Å². The van der Waals surface area contributed by atoms with E-state index in [1.165, 1.54) is 0 Å². The largest absolute Gasteiger partial charge is 0.487 e. The molecule has 6 nitrogen and oxygen atoms in total. The number of hydrogen-bond acceptors (Lipinski definition) is 4. The summed E-state index contributed by atoms with van der Waals surface area (Å²) >= 11 is 0. The van der Waals surface area contributed by atoms with Crippen LogP contribution in [0.4, 0.5) is 0 Å². The molecule has 1 unspecified atom stereocenters. The maximum atomic E-state index is 12.9. The zero-order valence-corrected chi connectivity index (χ0v) is 18.4. The highest BCUT2D eigenvalue weighted by molar-refractivity contribution is 5.93. The van der Waals surface area contributed by atoms with E-state index in [1.54, 1.807) is 18.5 Å². The molecule has 0 radical (unpaired) electrons. The van der Waals surface area contributed by atoms with Crippen LogP contribution in [0.1, 0.15) is 61.4 Å². The highest BCUT2D eigenvalue weighted by atomic mass is 16.5. The summed E-state index contributed by atoms with van der Waals surface area (Å²) in [6, 6.07) is 11.7. The predicted octanol–water partition coefficient (Wildman–Crippen LogP) is 3.88. The lowest BCUT2D eigenvalue weighted by atomic mass is 9.76. The molecule has 0 bridgehead atoms. The summed E-state index contributed by atoms with van der Waals surface area (Å²) in [5.74, 6) is 1.25. The van der Waals surface area contributed by atoms with Gasteiger partial charge in [0.25, 0.3) is 5.91 Å². The van der Waals surface area contributed by atoms with Gasteiger partial charge in [0, 0.05) is 63.8 Å². The molecule has 1 fully saturated rings. The molecule has 3 heterocycles. The van der Waals surface area contributed by atoms with Crippen molar-refractivity contribution >= 4 is 11.8 Å². The maximum Gasteiger partial charge on any atom is 0.255 e. The van der Waals surface area contributed by atoms with Gasteiger partial charge in [0.15, 0.2) is 0 Å². The Balaban J connectivity index is 1.50. The third kappa shape index (κ3) is 4.43.